The third-order valence-corrected chi connectivity index (χ3v) is 2.98. The fourth-order valence-electron chi connectivity index (χ4n) is 2.01. The zero-order valence-corrected chi connectivity index (χ0v) is 8.53. The molecule has 4 heteroatoms. The molecule has 0 spiro atoms. The Hall–Kier alpha value is -0.870. The standard InChI is InChI=1S/C10H17N3O/c1-10(8-14)2-3-13(7-10)6-9-4-11-12-5-9/h4-5,14H,2-3,6-8H2,1H3,(H,11,12). The molecule has 2 N–H and O–H groups in total. The SMILES string of the molecule is CC1(CO)CCN(Cc2cn[nH]c2)C1. The molecule has 2 rings (SSSR count). The van der Waals surface area contributed by atoms with Crippen LogP contribution in [0.15, 0.2) is 12.4 Å². The number of aromatic nitrogens is 2. The Kier molecular flexibility index (Phi) is 2.56. The third kappa shape index (κ3) is 1.96. The number of aliphatic hydroxyl groups excluding tert-OH is 1. The van der Waals surface area contributed by atoms with Crippen LogP contribution in [0, 0.1) is 5.41 Å². The molecule has 1 aliphatic rings. The summed E-state index contributed by atoms with van der Waals surface area (Å²) in [5.41, 5.74) is 1.32. The van der Waals surface area contributed by atoms with Gasteiger partial charge >= 0.3 is 0 Å². The largest absolute Gasteiger partial charge is 0.396 e. The molecular formula is C10H17N3O. The van der Waals surface area contributed by atoms with Gasteiger partial charge in [0.05, 0.1) is 6.20 Å². The molecule has 1 saturated heterocycles. The van der Waals surface area contributed by atoms with E-state index >= 15 is 0 Å². The van der Waals surface area contributed by atoms with E-state index < -0.39 is 0 Å². The van der Waals surface area contributed by atoms with Crippen LogP contribution in [-0.2, 0) is 6.54 Å². The molecule has 0 saturated carbocycles. The van der Waals surface area contributed by atoms with Gasteiger partial charge in [0.2, 0.25) is 0 Å². The van der Waals surface area contributed by atoms with Gasteiger partial charge in [-0.1, -0.05) is 6.92 Å². The van der Waals surface area contributed by atoms with Gasteiger partial charge in [0.25, 0.3) is 0 Å². The van der Waals surface area contributed by atoms with Crippen LogP contribution in [0.1, 0.15) is 18.9 Å². The van der Waals surface area contributed by atoms with E-state index in [2.05, 4.69) is 22.0 Å². The molecule has 0 radical (unpaired) electrons. The first-order valence-electron chi connectivity index (χ1n) is 5.03. The Bertz CT molecular complexity index is 286. The summed E-state index contributed by atoms with van der Waals surface area (Å²) in [6.07, 6.45) is 4.87. The molecule has 1 aromatic heterocycles. The summed E-state index contributed by atoms with van der Waals surface area (Å²) < 4.78 is 0. The van der Waals surface area contributed by atoms with Gasteiger partial charge in [-0.05, 0) is 13.0 Å². The third-order valence-electron chi connectivity index (χ3n) is 2.98. The lowest BCUT2D eigenvalue weighted by molar-refractivity contribution is 0.144. The van der Waals surface area contributed by atoms with Gasteiger partial charge in [-0.25, -0.2) is 0 Å². The fraction of sp³-hybridized carbons (Fsp3) is 0.700. The molecule has 0 bridgehead atoms. The summed E-state index contributed by atoms with van der Waals surface area (Å²) in [6, 6.07) is 0. The fourth-order valence-corrected chi connectivity index (χ4v) is 2.01. The first-order chi connectivity index (χ1) is 6.72. The van der Waals surface area contributed by atoms with Crippen LogP contribution >= 0.6 is 0 Å². The van der Waals surface area contributed by atoms with Crippen molar-refractivity contribution in [3.05, 3.63) is 18.0 Å². The Morgan fingerprint density at radius 1 is 1.71 bits per heavy atom. The quantitative estimate of drug-likeness (QED) is 0.743. The summed E-state index contributed by atoms with van der Waals surface area (Å²) in [5, 5.41) is 16.0. The number of H-pyrrole nitrogens is 1. The number of nitrogens with zero attached hydrogens (tertiary/aromatic N) is 2. The van der Waals surface area contributed by atoms with E-state index in [4.69, 9.17) is 0 Å². The Balaban J connectivity index is 1.90. The highest BCUT2D eigenvalue weighted by Crippen LogP contribution is 2.29. The van der Waals surface area contributed by atoms with E-state index in [1.807, 2.05) is 12.4 Å². The first kappa shape index (κ1) is 9.68. The van der Waals surface area contributed by atoms with E-state index in [1.54, 1.807) is 0 Å². The average Bonchev–Trinajstić information content (AvgIpc) is 2.78. The summed E-state index contributed by atoms with van der Waals surface area (Å²) in [5.74, 6) is 0. The van der Waals surface area contributed by atoms with Crippen molar-refractivity contribution in [1.29, 1.82) is 0 Å². The van der Waals surface area contributed by atoms with E-state index in [-0.39, 0.29) is 12.0 Å². The van der Waals surface area contributed by atoms with Gasteiger partial charge in [-0.3, -0.25) is 10.00 Å². The predicted molar refractivity (Wildman–Crippen MR) is 53.7 cm³/mol. The lowest BCUT2D eigenvalue weighted by Gasteiger charge is -2.21. The van der Waals surface area contributed by atoms with Crippen molar-refractivity contribution < 1.29 is 5.11 Å². The maximum absolute atomic E-state index is 9.22. The van der Waals surface area contributed by atoms with Gasteiger partial charge in [-0.15, -0.1) is 0 Å². The minimum absolute atomic E-state index is 0.101. The zero-order chi connectivity index (χ0) is 10.0. The minimum Gasteiger partial charge on any atom is -0.396 e. The lowest BCUT2D eigenvalue weighted by atomic mass is 9.91. The van der Waals surface area contributed by atoms with Crippen molar-refractivity contribution in [1.82, 2.24) is 15.1 Å². The summed E-state index contributed by atoms with van der Waals surface area (Å²) in [4.78, 5) is 2.36. The Morgan fingerprint density at radius 3 is 3.14 bits per heavy atom. The monoisotopic (exact) mass is 195 g/mol. The average molecular weight is 195 g/mol. The van der Waals surface area contributed by atoms with Gasteiger partial charge in [0.1, 0.15) is 0 Å². The molecule has 1 unspecified atom stereocenters. The highest BCUT2D eigenvalue weighted by Gasteiger charge is 2.32. The molecule has 4 nitrogen and oxygen atoms in total. The molecule has 78 valence electrons. The van der Waals surface area contributed by atoms with Gasteiger partial charge < -0.3 is 5.11 Å². The maximum atomic E-state index is 9.22. The molecule has 0 aromatic carbocycles. The van der Waals surface area contributed by atoms with Gasteiger partial charge in [-0.2, -0.15) is 5.10 Å². The van der Waals surface area contributed by atoms with Crippen molar-refractivity contribution >= 4 is 0 Å². The minimum atomic E-state index is 0.101. The smallest absolute Gasteiger partial charge is 0.0532 e. The predicted octanol–water partition coefficient (Wildman–Crippen LogP) is 0.614. The van der Waals surface area contributed by atoms with Crippen LogP contribution in [0.2, 0.25) is 0 Å². The molecule has 1 fully saturated rings. The molecule has 1 aliphatic heterocycles. The number of rotatable bonds is 3. The molecule has 1 atom stereocenters. The summed E-state index contributed by atoms with van der Waals surface area (Å²) in [6.45, 7) is 5.42. The van der Waals surface area contributed by atoms with Gasteiger partial charge in [0.15, 0.2) is 0 Å². The van der Waals surface area contributed by atoms with Crippen molar-refractivity contribution in [2.45, 2.75) is 19.9 Å². The van der Waals surface area contributed by atoms with Crippen molar-refractivity contribution in [2.75, 3.05) is 19.7 Å². The summed E-state index contributed by atoms with van der Waals surface area (Å²) in [7, 11) is 0. The van der Waals surface area contributed by atoms with Crippen LogP contribution in [0.25, 0.3) is 0 Å². The number of likely N-dealkylation sites (tertiary alicyclic amines) is 1. The molecule has 0 aliphatic carbocycles. The topological polar surface area (TPSA) is 52.1 Å². The van der Waals surface area contributed by atoms with E-state index in [0.717, 1.165) is 26.1 Å². The van der Waals surface area contributed by atoms with E-state index in [9.17, 15) is 5.11 Å². The van der Waals surface area contributed by atoms with Crippen LogP contribution in [0.3, 0.4) is 0 Å². The molecule has 1 aromatic rings. The van der Waals surface area contributed by atoms with Crippen molar-refractivity contribution in [2.24, 2.45) is 5.41 Å². The van der Waals surface area contributed by atoms with Crippen molar-refractivity contribution in [3.63, 3.8) is 0 Å². The second-order valence-electron chi connectivity index (χ2n) is 4.54. The molecular weight excluding hydrogens is 178 g/mol. The van der Waals surface area contributed by atoms with E-state index in [0.29, 0.717) is 0 Å². The Labute approximate surface area is 83.9 Å². The number of hydrogen-bond donors (Lipinski definition) is 2. The molecule has 0 amide bonds. The highest BCUT2D eigenvalue weighted by molar-refractivity contribution is 5.03. The van der Waals surface area contributed by atoms with Crippen LogP contribution in [-0.4, -0.2) is 39.9 Å². The molecule has 2 heterocycles. The number of nitrogens with one attached hydrogen (secondary N) is 1. The number of hydrogen-bond acceptors (Lipinski definition) is 3. The van der Waals surface area contributed by atoms with Crippen LogP contribution in [0.4, 0.5) is 0 Å². The highest BCUT2D eigenvalue weighted by atomic mass is 16.3. The summed E-state index contributed by atoms with van der Waals surface area (Å²) >= 11 is 0. The first-order valence-corrected chi connectivity index (χ1v) is 5.03. The normalized spacial score (nSPS) is 28.4. The maximum Gasteiger partial charge on any atom is 0.0532 e. The second-order valence-corrected chi connectivity index (χ2v) is 4.54. The van der Waals surface area contributed by atoms with Crippen molar-refractivity contribution in [3.8, 4) is 0 Å². The van der Waals surface area contributed by atoms with E-state index in [1.165, 1.54) is 5.56 Å². The number of aliphatic hydroxyl groups is 1. The zero-order valence-electron chi connectivity index (χ0n) is 8.53. The Morgan fingerprint density at radius 2 is 2.57 bits per heavy atom. The van der Waals surface area contributed by atoms with Gasteiger partial charge in [0, 0.05) is 36.9 Å². The second kappa shape index (κ2) is 3.71. The van der Waals surface area contributed by atoms with Crippen LogP contribution < -0.4 is 0 Å². The lowest BCUT2D eigenvalue weighted by Crippen LogP contribution is -2.27. The van der Waals surface area contributed by atoms with Crippen LogP contribution in [0.5, 0.6) is 0 Å². The number of aromatic amines is 1. The molecule has 14 heavy (non-hydrogen) atoms.